The number of hydrogen-bond acceptors (Lipinski definition) is 1. The van der Waals surface area contributed by atoms with Crippen LogP contribution in [0.5, 0.6) is 0 Å². The Hall–Kier alpha value is -1.18. The summed E-state index contributed by atoms with van der Waals surface area (Å²) < 4.78 is 28.4. The van der Waals surface area contributed by atoms with Crippen molar-refractivity contribution < 1.29 is 8.78 Å². The lowest BCUT2D eigenvalue weighted by molar-refractivity contribution is 0.401. The number of nitrogens with two attached hydrogens (primary N) is 1. The summed E-state index contributed by atoms with van der Waals surface area (Å²) in [5.74, 6) is -0.706. The molecule has 0 unspecified atom stereocenters. The molecule has 0 spiro atoms. The van der Waals surface area contributed by atoms with Crippen molar-refractivity contribution in [3.8, 4) is 0 Å². The van der Waals surface area contributed by atoms with Crippen molar-refractivity contribution >= 4 is 29.9 Å². The minimum Gasteiger partial charge on any atom is -0.370 e. The highest BCUT2D eigenvalue weighted by molar-refractivity contribution is 14.0. The second-order valence-corrected chi connectivity index (χ2v) is 6.10. The number of nitrogens with zero attached hydrogens (tertiary/aromatic N) is 1. The third kappa shape index (κ3) is 4.89. The minimum absolute atomic E-state index is 0. The zero-order chi connectivity index (χ0) is 16.2. The number of benzene rings is 1. The van der Waals surface area contributed by atoms with Crippen LogP contribution in [0.4, 0.5) is 8.78 Å². The van der Waals surface area contributed by atoms with Crippen molar-refractivity contribution in [1.82, 2.24) is 5.32 Å². The molecule has 0 aliphatic heterocycles. The molecule has 0 aromatic heterocycles. The van der Waals surface area contributed by atoms with Gasteiger partial charge in [-0.1, -0.05) is 31.1 Å². The van der Waals surface area contributed by atoms with Crippen LogP contribution in [-0.2, 0) is 5.41 Å². The Morgan fingerprint density at radius 3 is 2.39 bits per heavy atom. The quantitative estimate of drug-likeness (QED) is 0.319. The van der Waals surface area contributed by atoms with Gasteiger partial charge in [0.05, 0.1) is 6.54 Å². The highest BCUT2D eigenvalue weighted by atomic mass is 127. The molecule has 3 N–H and O–H groups in total. The lowest BCUT2D eigenvalue weighted by Gasteiger charge is -2.28. The van der Waals surface area contributed by atoms with Gasteiger partial charge >= 0.3 is 0 Å². The van der Waals surface area contributed by atoms with E-state index in [1.807, 2.05) is 6.92 Å². The van der Waals surface area contributed by atoms with Crippen molar-refractivity contribution in [3.05, 3.63) is 47.5 Å². The number of hydrogen-bond donors (Lipinski definition) is 2. The van der Waals surface area contributed by atoms with Crippen molar-refractivity contribution in [2.45, 2.75) is 38.0 Å². The van der Waals surface area contributed by atoms with Gasteiger partial charge in [0.2, 0.25) is 0 Å². The molecule has 1 fully saturated rings. The van der Waals surface area contributed by atoms with Gasteiger partial charge in [-0.25, -0.2) is 8.78 Å². The maximum absolute atomic E-state index is 14.2. The number of halogens is 3. The topological polar surface area (TPSA) is 50.4 Å². The molecule has 1 saturated carbocycles. The van der Waals surface area contributed by atoms with E-state index in [2.05, 4.69) is 16.9 Å². The van der Waals surface area contributed by atoms with Gasteiger partial charge in [-0.15, -0.1) is 24.0 Å². The number of aliphatic imine (C=N–C) groups is 1. The Kier molecular flexibility index (Phi) is 7.44. The Labute approximate surface area is 153 Å². The van der Waals surface area contributed by atoms with E-state index in [4.69, 9.17) is 5.73 Å². The predicted octanol–water partition coefficient (Wildman–Crippen LogP) is 3.88. The maximum atomic E-state index is 14.2. The third-order valence-electron chi connectivity index (χ3n) is 4.18. The summed E-state index contributed by atoms with van der Waals surface area (Å²) in [6, 6.07) is 4.01. The number of guanidine groups is 1. The van der Waals surface area contributed by atoms with Crippen LogP contribution < -0.4 is 11.1 Å². The maximum Gasteiger partial charge on any atom is 0.188 e. The average Bonchev–Trinajstić information content (AvgIpc) is 2.92. The van der Waals surface area contributed by atoms with Crippen molar-refractivity contribution in [2.24, 2.45) is 10.7 Å². The van der Waals surface area contributed by atoms with Crippen molar-refractivity contribution in [3.63, 3.8) is 0 Å². The van der Waals surface area contributed by atoms with E-state index >= 15 is 0 Å². The van der Waals surface area contributed by atoms with Crippen LogP contribution in [0, 0.1) is 11.6 Å². The lowest BCUT2D eigenvalue weighted by Crippen LogP contribution is -2.36. The van der Waals surface area contributed by atoms with Crippen LogP contribution in [-0.4, -0.2) is 19.0 Å². The van der Waals surface area contributed by atoms with Crippen molar-refractivity contribution in [1.29, 1.82) is 0 Å². The second-order valence-electron chi connectivity index (χ2n) is 6.10. The first-order valence-electron chi connectivity index (χ1n) is 7.57. The highest BCUT2D eigenvalue weighted by Gasteiger charge is 2.39. The van der Waals surface area contributed by atoms with E-state index in [9.17, 15) is 8.78 Å². The molecule has 0 bridgehead atoms. The fourth-order valence-electron chi connectivity index (χ4n) is 3.08. The molecule has 128 valence electrons. The molecule has 1 aromatic rings. The van der Waals surface area contributed by atoms with E-state index in [0.29, 0.717) is 13.1 Å². The Balaban J connectivity index is 0.00000264. The van der Waals surface area contributed by atoms with E-state index < -0.39 is 17.0 Å². The first kappa shape index (κ1) is 19.9. The van der Waals surface area contributed by atoms with Gasteiger partial charge in [-0.3, -0.25) is 4.99 Å². The number of rotatable bonds is 5. The number of nitrogens with one attached hydrogen (secondary N) is 1. The van der Waals surface area contributed by atoms with Crippen molar-refractivity contribution in [2.75, 3.05) is 13.1 Å². The molecule has 0 amide bonds. The summed E-state index contributed by atoms with van der Waals surface area (Å²) >= 11 is 0. The van der Waals surface area contributed by atoms with Crippen LogP contribution >= 0.6 is 24.0 Å². The first-order valence-corrected chi connectivity index (χ1v) is 7.57. The highest BCUT2D eigenvalue weighted by Crippen LogP contribution is 2.43. The van der Waals surface area contributed by atoms with Gasteiger partial charge in [0.1, 0.15) is 11.6 Å². The van der Waals surface area contributed by atoms with Gasteiger partial charge in [-0.05, 0) is 31.9 Å². The van der Waals surface area contributed by atoms with E-state index in [1.165, 1.54) is 18.2 Å². The molecule has 0 saturated heterocycles. The summed E-state index contributed by atoms with van der Waals surface area (Å²) in [6.45, 7) is 6.49. The van der Waals surface area contributed by atoms with Gasteiger partial charge in [0, 0.05) is 17.5 Å². The molecule has 1 aromatic carbocycles. The van der Waals surface area contributed by atoms with Gasteiger partial charge in [0.25, 0.3) is 0 Å². The normalized spacial score (nSPS) is 16.7. The van der Waals surface area contributed by atoms with Crippen LogP contribution in [0.25, 0.3) is 0 Å². The monoisotopic (exact) mass is 435 g/mol. The smallest absolute Gasteiger partial charge is 0.188 e. The summed E-state index contributed by atoms with van der Waals surface area (Å²) in [7, 11) is 0. The van der Waals surface area contributed by atoms with Crippen LogP contribution in [0.15, 0.2) is 35.3 Å². The largest absolute Gasteiger partial charge is 0.370 e. The fourth-order valence-corrected chi connectivity index (χ4v) is 3.08. The summed E-state index contributed by atoms with van der Waals surface area (Å²) in [5, 5.41) is 2.94. The second kappa shape index (κ2) is 8.61. The van der Waals surface area contributed by atoms with Gasteiger partial charge in [0.15, 0.2) is 5.96 Å². The van der Waals surface area contributed by atoms with Crippen LogP contribution in [0.1, 0.15) is 38.2 Å². The van der Waals surface area contributed by atoms with Crippen LogP contribution in [0.3, 0.4) is 0 Å². The zero-order valence-electron chi connectivity index (χ0n) is 13.4. The van der Waals surface area contributed by atoms with E-state index in [-0.39, 0.29) is 35.5 Å². The summed E-state index contributed by atoms with van der Waals surface area (Å²) in [5.41, 5.74) is 6.33. The Morgan fingerprint density at radius 1 is 1.30 bits per heavy atom. The summed E-state index contributed by atoms with van der Waals surface area (Å²) in [4.78, 5) is 4.32. The Morgan fingerprint density at radius 2 is 1.87 bits per heavy atom. The molecule has 2 rings (SSSR count). The predicted molar refractivity (Wildman–Crippen MR) is 101 cm³/mol. The first-order chi connectivity index (χ1) is 10.4. The van der Waals surface area contributed by atoms with Gasteiger partial charge < -0.3 is 11.1 Å². The molecule has 0 atom stereocenters. The molecular weight excluding hydrogens is 411 g/mol. The molecule has 23 heavy (non-hydrogen) atoms. The molecular formula is C17H24F2IN3. The molecule has 0 heterocycles. The molecule has 1 aliphatic carbocycles. The molecule has 3 nitrogen and oxygen atoms in total. The SMILES string of the molecule is C=C(C)CNC(N)=NCC1(c2c(F)cccc2F)CCCC1.I. The van der Waals surface area contributed by atoms with Gasteiger partial charge in [-0.2, -0.15) is 0 Å². The summed E-state index contributed by atoms with van der Waals surface area (Å²) in [6.07, 6.45) is 3.34. The minimum atomic E-state index is -0.592. The lowest BCUT2D eigenvalue weighted by atomic mass is 9.78. The zero-order valence-corrected chi connectivity index (χ0v) is 15.7. The van der Waals surface area contributed by atoms with E-state index in [0.717, 1.165) is 31.3 Å². The molecule has 0 radical (unpaired) electrons. The molecule has 6 heteroatoms. The van der Waals surface area contributed by atoms with E-state index in [1.54, 1.807) is 0 Å². The Bertz CT molecular complexity index is 561. The average molecular weight is 435 g/mol. The third-order valence-corrected chi connectivity index (χ3v) is 4.18. The fraction of sp³-hybridized carbons (Fsp3) is 0.471. The van der Waals surface area contributed by atoms with Crippen LogP contribution in [0.2, 0.25) is 0 Å². The molecule has 1 aliphatic rings. The standard InChI is InChI=1S/C17H23F2N3.HI/c1-12(2)10-21-16(20)22-11-17(8-3-4-9-17)15-13(18)6-5-7-14(15)19;/h5-7H,1,3-4,8-11H2,2H3,(H3,20,21,22);1H.